The van der Waals surface area contributed by atoms with Crippen LogP contribution in [0.15, 0.2) is 30.3 Å². The molecule has 0 aliphatic heterocycles. The number of alkyl halides is 3. The fourth-order valence-electron chi connectivity index (χ4n) is 2.68. The fraction of sp³-hybridized carbons (Fsp3) is 0.333. The number of rotatable bonds is 5. The van der Waals surface area contributed by atoms with Gasteiger partial charge in [-0.2, -0.15) is 13.2 Å². The van der Waals surface area contributed by atoms with Crippen molar-refractivity contribution in [3.8, 4) is 5.75 Å². The van der Waals surface area contributed by atoms with Crippen LogP contribution in [0.4, 0.5) is 18.3 Å². The van der Waals surface area contributed by atoms with Gasteiger partial charge in [0.25, 0.3) is 5.91 Å². The molecule has 0 aliphatic rings. The van der Waals surface area contributed by atoms with E-state index in [1.807, 2.05) is 33.1 Å². The molecule has 3 aromatic rings. The summed E-state index contributed by atoms with van der Waals surface area (Å²) in [7, 11) is 7.51. The average Bonchev–Trinajstić information content (AvgIpc) is 3.09. The first kappa shape index (κ1) is 25.9. The van der Waals surface area contributed by atoms with Crippen molar-refractivity contribution < 1.29 is 23.1 Å². The molecule has 0 atom stereocenters. The van der Waals surface area contributed by atoms with Crippen molar-refractivity contribution in [3.05, 3.63) is 52.0 Å². The van der Waals surface area contributed by atoms with E-state index in [1.165, 1.54) is 12.1 Å². The Balaban J connectivity index is 0.00000114. The molecule has 0 aliphatic carbocycles. The molecule has 1 aromatic heterocycles. The third-order valence-corrected chi connectivity index (χ3v) is 5.31. The SMILES string of the molecule is CN(C)CCc1cc(Cl)cc(C(=O)Nc2nc3ccc(C(F)(F)F)cc3s2)c1O.CNC. The second-order valence-corrected chi connectivity index (χ2v) is 8.63. The number of phenolic OH excluding ortho intramolecular Hbond substituents is 1. The highest BCUT2D eigenvalue weighted by atomic mass is 35.5. The number of thiazole rings is 1. The first-order chi connectivity index (χ1) is 15.0. The number of likely N-dealkylation sites (N-methyl/N-ethyl adjacent to an activating group) is 1. The number of halogens is 4. The van der Waals surface area contributed by atoms with Crippen molar-refractivity contribution in [2.75, 3.05) is 40.1 Å². The van der Waals surface area contributed by atoms with Crippen molar-refractivity contribution in [1.29, 1.82) is 0 Å². The summed E-state index contributed by atoms with van der Waals surface area (Å²) in [5.74, 6) is -0.833. The average molecular weight is 489 g/mol. The Bertz CT molecular complexity index is 1090. The molecular formula is C21H24ClF3N4O2S. The van der Waals surface area contributed by atoms with Gasteiger partial charge >= 0.3 is 6.18 Å². The van der Waals surface area contributed by atoms with Gasteiger partial charge in [0.15, 0.2) is 5.13 Å². The number of carbonyl (C=O) groups excluding carboxylic acids is 1. The minimum absolute atomic E-state index is 0.0264. The largest absolute Gasteiger partial charge is 0.507 e. The summed E-state index contributed by atoms with van der Waals surface area (Å²) in [5, 5.41) is 16.2. The van der Waals surface area contributed by atoms with E-state index in [0.29, 0.717) is 29.1 Å². The van der Waals surface area contributed by atoms with Gasteiger partial charge in [-0.1, -0.05) is 22.9 Å². The molecule has 174 valence electrons. The fourth-order valence-corrected chi connectivity index (χ4v) is 3.82. The molecule has 3 N–H and O–H groups in total. The summed E-state index contributed by atoms with van der Waals surface area (Å²) in [5.41, 5.74) is 0.0433. The Morgan fingerprint density at radius 1 is 1.22 bits per heavy atom. The Kier molecular flexibility index (Phi) is 8.85. The highest BCUT2D eigenvalue weighted by molar-refractivity contribution is 7.22. The smallest absolute Gasteiger partial charge is 0.416 e. The molecule has 0 saturated heterocycles. The molecule has 1 heterocycles. The zero-order valence-electron chi connectivity index (χ0n) is 18.0. The highest BCUT2D eigenvalue weighted by Gasteiger charge is 2.30. The molecular weight excluding hydrogens is 465 g/mol. The van der Waals surface area contributed by atoms with E-state index >= 15 is 0 Å². The maximum absolute atomic E-state index is 12.9. The number of hydrogen-bond donors (Lipinski definition) is 3. The van der Waals surface area contributed by atoms with Crippen LogP contribution in [-0.2, 0) is 12.6 Å². The number of fused-ring (bicyclic) bond motifs is 1. The van der Waals surface area contributed by atoms with E-state index in [4.69, 9.17) is 11.6 Å². The number of amides is 1. The molecule has 1 amide bonds. The number of carbonyl (C=O) groups is 1. The van der Waals surface area contributed by atoms with E-state index in [1.54, 1.807) is 6.07 Å². The van der Waals surface area contributed by atoms with Gasteiger partial charge in [0.2, 0.25) is 0 Å². The summed E-state index contributed by atoms with van der Waals surface area (Å²) in [6, 6.07) is 6.10. The molecule has 0 radical (unpaired) electrons. The van der Waals surface area contributed by atoms with Crippen LogP contribution in [0.3, 0.4) is 0 Å². The molecule has 3 rings (SSSR count). The number of aromatic nitrogens is 1. The third kappa shape index (κ3) is 6.80. The van der Waals surface area contributed by atoms with Gasteiger partial charge < -0.3 is 15.3 Å². The van der Waals surface area contributed by atoms with Crippen molar-refractivity contribution >= 4 is 44.2 Å². The zero-order valence-corrected chi connectivity index (χ0v) is 19.5. The van der Waals surface area contributed by atoms with E-state index < -0.39 is 17.6 Å². The maximum Gasteiger partial charge on any atom is 0.416 e. The summed E-state index contributed by atoms with van der Waals surface area (Å²) in [4.78, 5) is 18.7. The minimum Gasteiger partial charge on any atom is -0.507 e. The zero-order chi connectivity index (χ0) is 24.1. The number of phenols is 1. The van der Waals surface area contributed by atoms with Gasteiger partial charge in [-0.15, -0.1) is 0 Å². The number of nitrogens with one attached hydrogen (secondary N) is 2. The van der Waals surface area contributed by atoms with Crippen LogP contribution in [0.5, 0.6) is 5.75 Å². The standard InChI is InChI=1S/C19H17ClF3N3O2S.C2H7N/c1-26(2)6-5-10-7-12(20)9-13(16(10)27)17(28)25-18-24-14-4-3-11(19(21,22)23)8-15(14)29-18;1-3-2/h3-4,7-9,27H,5-6H2,1-2H3,(H,24,25,28);3H,1-2H3. The Morgan fingerprint density at radius 3 is 2.47 bits per heavy atom. The summed E-state index contributed by atoms with van der Waals surface area (Å²) < 4.78 is 38.9. The minimum atomic E-state index is -4.46. The quantitative estimate of drug-likeness (QED) is 0.478. The molecule has 0 fully saturated rings. The van der Waals surface area contributed by atoms with E-state index in [9.17, 15) is 23.1 Å². The van der Waals surface area contributed by atoms with Gasteiger partial charge in [-0.3, -0.25) is 10.1 Å². The predicted octanol–water partition coefficient (Wildman–Crippen LogP) is 4.87. The summed E-state index contributed by atoms with van der Waals surface area (Å²) >= 11 is 7.00. The molecule has 2 aromatic carbocycles. The van der Waals surface area contributed by atoms with Gasteiger partial charge in [0.05, 0.1) is 21.3 Å². The van der Waals surface area contributed by atoms with Crippen LogP contribution in [0.1, 0.15) is 21.5 Å². The van der Waals surface area contributed by atoms with Crippen LogP contribution in [0.25, 0.3) is 10.2 Å². The Hall–Kier alpha value is -2.40. The predicted molar refractivity (Wildman–Crippen MR) is 123 cm³/mol. The van der Waals surface area contributed by atoms with Crippen molar-refractivity contribution in [3.63, 3.8) is 0 Å². The number of hydrogen-bond acceptors (Lipinski definition) is 6. The molecule has 0 bridgehead atoms. The lowest BCUT2D eigenvalue weighted by atomic mass is 10.1. The molecule has 0 spiro atoms. The van der Waals surface area contributed by atoms with Crippen molar-refractivity contribution in [2.24, 2.45) is 0 Å². The first-order valence-electron chi connectivity index (χ1n) is 9.50. The van der Waals surface area contributed by atoms with Crippen molar-refractivity contribution in [2.45, 2.75) is 12.6 Å². The van der Waals surface area contributed by atoms with Crippen molar-refractivity contribution in [1.82, 2.24) is 15.2 Å². The molecule has 0 unspecified atom stereocenters. The van der Waals surface area contributed by atoms with E-state index in [-0.39, 0.29) is 21.1 Å². The van der Waals surface area contributed by atoms with Crippen LogP contribution in [0.2, 0.25) is 5.02 Å². The third-order valence-electron chi connectivity index (χ3n) is 4.16. The summed E-state index contributed by atoms with van der Waals surface area (Å²) in [6.45, 7) is 0.647. The second-order valence-electron chi connectivity index (χ2n) is 7.17. The van der Waals surface area contributed by atoms with E-state index in [0.717, 1.165) is 23.5 Å². The van der Waals surface area contributed by atoms with Crippen LogP contribution >= 0.6 is 22.9 Å². The lowest BCUT2D eigenvalue weighted by molar-refractivity contribution is -0.137. The number of benzene rings is 2. The van der Waals surface area contributed by atoms with Gasteiger partial charge in [-0.05, 0) is 70.5 Å². The van der Waals surface area contributed by atoms with Gasteiger partial charge in [-0.25, -0.2) is 4.98 Å². The topological polar surface area (TPSA) is 77.5 Å². The molecule has 6 nitrogen and oxygen atoms in total. The first-order valence-corrected chi connectivity index (χ1v) is 10.7. The maximum atomic E-state index is 12.9. The normalized spacial score (nSPS) is 11.4. The molecule has 0 saturated carbocycles. The van der Waals surface area contributed by atoms with Gasteiger partial charge in [0.1, 0.15) is 5.75 Å². The lowest BCUT2D eigenvalue weighted by Crippen LogP contribution is -2.16. The number of aromatic hydroxyl groups is 1. The monoisotopic (exact) mass is 488 g/mol. The van der Waals surface area contributed by atoms with Gasteiger partial charge in [0, 0.05) is 11.6 Å². The highest BCUT2D eigenvalue weighted by Crippen LogP contribution is 2.35. The van der Waals surface area contributed by atoms with Crippen LogP contribution in [0, 0.1) is 0 Å². The van der Waals surface area contributed by atoms with Crippen LogP contribution in [-0.4, -0.2) is 55.6 Å². The molecule has 32 heavy (non-hydrogen) atoms. The lowest BCUT2D eigenvalue weighted by Gasteiger charge is -2.13. The second kappa shape index (κ2) is 11.0. The van der Waals surface area contributed by atoms with Crippen LogP contribution < -0.4 is 10.6 Å². The number of nitrogens with zero attached hydrogens (tertiary/aromatic N) is 2. The Labute approximate surface area is 193 Å². The number of anilines is 1. The molecule has 11 heteroatoms. The Morgan fingerprint density at radius 2 is 1.88 bits per heavy atom. The summed E-state index contributed by atoms with van der Waals surface area (Å²) in [6.07, 6.45) is -3.97. The van der Waals surface area contributed by atoms with E-state index in [2.05, 4.69) is 15.6 Å².